The number of aliphatic hydroxyl groups excluding tert-OH is 1. The zero-order valence-corrected chi connectivity index (χ0v) is 24.3. The first kappa shape index (κ1) is 29.2. The number of aromatic nitrogens is 1. The molecular weight excluding hydrogens is 554 g/mol. The Labute approximate surface area is 248 Å². The average Bonchev–Trinajstić information content (AvgIpc) is 3.50. The summed E-state index contributed by atoms with van der Waals surface area (Å²) in [5, 5.41) is 20.4. The molecule has 4 aromatic rings. The Kier molecular flexibility index (Phi) is 8.86. The fourth-order valence-electron chi connectivity index (χ4n) is 5.08. The molecule has 2 N–H and O–H groups in total. The molecule has 5 rings (SSSR count). The summed E-state index contributed by atoms with van der Waals surface area (Å²) in [5.74, 6) is 0.322. The van der Waals surface area contributed by atoms with Gasteiger partial charge in [-0.2, -0.15) is 0 Å². The van der Waals surface area contributed by atoms with Gasteiger partial charge < -0.3 is 19.5 Å². The Morgan fingerprint density at radius 2 is 1.60 bits per heavy atom. The molecule has 1 aliphatic rings. The third-order valence-corrected chi connectivity index (χ3v) is 8.88. The first-order valence-corrected chi connectivity index (χ1v) is 14.4. The van der Waals surface area contributed by atoms with Crippen LogP contribution in [0.1, 0.15) is 29.0 Å². The molecule has 0 saturated carbocycles. The number of hydrogen-bond donors (Lipinski definition) is 2. The number of piperidine rings is 1. The number of urea groups is 1. The van der Waals surface area contributed by atoms with Crippen molar-refractivity contribution in [1.29, 1.82) is 0 Å². The molecule has 0 radical (unpaired) electrons. The van der Waals surface area contributed by atoms with E-state index in [4.69, 9.17) is 14.5 Å². The van der Waals surface area contributed by atoms with Crippen LogP contribution in [0.25, 0.3) is 21.7 Å². The highest BCUT2D eigenvalue weighted by Gasteiger charge is 2.48. The summed E-state index contributed by atoms with van der Waals surface area (Å²) in [6.45, 7) is 0.564. The van der Waals surface area contributed by atoms with Crippen LogP contribution in [0.4, 0.5) is 4.79 Å². The molecule has 0 unspecified atom stereocenters. The van der Waals surface area contributed by atoms with Gasteiger partial charge in [0, 0.05) is 25.7 Å². The van der Waals surface area contributed by atoms with Crippen molar-refractivity contribution in [3.8, 4) is 27.4 Å². The van der Waals surface area contributed by atoms with Crippen LogP contribution in [0, 0.1) is 0 Å². The number of aliphatic hydroxyl groups is 1. The van der Waals surface area contributed by atoms with Gasteiger partial charge in [-0.25, -0.2) is 14.8 Å². The van der Waals surface area contributed by atoms with Gasteiger partial charge in [-0.3, -0.25) is 10.0 Å². The fraction of sp³-hybridized carbons (Fsp3) is 0.281. The summed E-state index contributed by atoms with van der Waals surface area (Å²) < 4.78 is 11.3. The number of carbonyl (C=O) groups is 2. The maximum atomic E-state index is 14.0. The molecule has 2 amide bonds. The van der Waals surface area contributed by atoms with Gasteiger partial charge in [0.1, 0.15) is 22.8 Å². The lowest BCUT2D eigenvalue weighted by Gasteiger charge is -2.39. The molecule has 0 aliphatic carbocycles. The fourth-order valence-corrected chi connectivity index (χ4v) is 6.40. The molecule has 9 nitrogen and oxygen atoms in total. The number of hydrogen-bond acceptors (Lipinski definition) is 8. The van der Waals surface area contributed by atoms with E-state index in [-0.39, 0.29) is 26.3 Å². The Morgan fingerprint density at radius 1 is 0.952 bits per heavy atom. The monoisotopic (exact) mass is 587 g/mol. The Balaban J connectivity index is 1.57. The molecule has 2 heterocycles. The van der Waals surface area contributed by atoms with Gasteiger partial charge in [0.15, 0.2) is 0 Å². The van der Waals surface area contributed by atoms with Crippen LogP contribution >= 0.6 is 11.3 Å². The van der Waals surface area contributed by atoms with E-state index in [0.29, 0.717) is 22.9 Å². The first-order chi connectivity index (χ1) is 20.3. The number of esters is 1. The van der Waals surface area contributed by atoms with Gasteiger partial charge >= 0.3 is 12.0 Å². The Bertz CT molecular complexity index is 1450. The smallest absolute Gasteiger partial charge is 0.343 e. The van der Waals surface area contributed by atoms with Gasteiger partial charge in [-0.15, -0.1) is 11.3 Å². The third kappa shape index (κ3) is 6.01. The summed E-state index contributed by atoms with van der Waals surface area (Å²) >= 11 is 1.43. The van der Waals surface area contributed by atoms with Crippen LogP contribution < -0.4 is 4.74 Å². The largest absolute Gasteiger partial charge is 0.497 e. The Hall–Kier alpha value is -4.25. The summed E-state index contributed by atoms with van der Waals surface area (Å²) in [4.78, 5) is 34.0. The molecule has 0 spiro atoms. The highest BCUT2D eigenvalue weighted by Crippen LogP contribution is 2.46. The summed E-state index contributed by atoms with van der Waals surface area (Å²) in [6.07, 6.45) is 0.581. The minimum absolute atomic E-state index is 0.0613. The maximum Gasteiger partial charge on any atom is 0.343 e. The molecule has 0 bridgehead atoms. The molecule has 0 atom stereocenters. The molecule has 1 aromatic heterocycles. The number of benzene rings is 3. The van der Waals surface area contributed by atoms with Crippen molar-refractivity contribution in [1.82, 2.24) is 14.9 Å². The number of likely N-dealkylation sites (tertiary alicyclic amines) is 1. The van der Waals surface area contributed by atoms with E-state index < -0.39 is 17.4 Å². The van der Waals surface area contributed by atoms with Crippen LogP contribution in [0.15, 0.2) is 78.9 Å². The zero-order valence-electron chi connectivity index (χ0n) is 23.5. The maximum absolute atomic E-state index is 14.0. The van der Waals surface area contributed by atoms with Crippen LogP contribution in [0.3, 0.4) is 0 Å². The van der Waals surface area contributed by atoms with Crippen molar-refractivity contribution >= 4 is 23.3 Å². The summed E-state index contributed by atoms with van der Waals surface area (Å²) in [7, 11) is 2.90. The second-order valence-corrected chi connectivity index (χ2v) is 11.2. The lowest BCUT2D eigenvalue weighted by atomic mass is 9.78. The predicted molar refractivity (Wildman–Crippen MR) is 159 cm³/mol. The van der Waals surface area contributed by atoms with Crippen molar-refractivity contribution in [2.24, 2.45) is 0 Å². The topological polar surface area (TPSA) is 112 Å². The number of amides is 2. The lowest BCUT2D eigenvalue weighted by Crippen LogP contribution is -2.51. The minimum Gasteiger partial charge on any atom is -0.497 e. The second-order valence-electron chi connectivity index (χ2n) is 10.2. The van der Waals surface area contributed by atoms with Crippen molar-refractivity contribution in [3.05, 3.63) is 95.0 Å². The molecule has 218 valence electrons. The molecule has 3 aromatic carbocycles. The number of rotatable bonds is 8. The van der Waals surface area contributed by atoms with E-state index in [1.54, 1.807) is 7.11 Å². The van der Waals surface area contributed by atoms with E-state index in [9.17, 15) is 19.9 Å². The lowest BCUT2D eigenvalue weighted by molar-refractivity contribution is -0.154. The van der Waals surface area contributed by atoms with Crippen LogP contribution in [0.2, 0.25) is 0 Å². The highest BCUT2D eigenvalue weighted by atomic mass is 32.1. The van der Waals surface area contributed by atoms with Crippen molar-refractivity contribution in [2.45, 2.75) is 31.5 Å². The molecule has 1 aliphatic heterocycles. The first-order valence-electron chi connectivity index (χ1n) is 13.6. The Morgan fingerprint density at radius 3 is 2.19 bits per heavy atom. The number of methoxy groups -OCH3 is 1. The van der Waals surface area contributed by atoms with Crippen LogP contribution in [-0.4, -0.2) is 64.5 Å². The number of carbonyl (C=O) groups excluding carboxylic acids is 2. The minimum atomic E-state index is -1.09. The van der Waals surface area contributed by atoms with Crippen molar-refractivity contribution < 1.29 is 29.4 Å². The van der Waals surface area contributed by atoms with Crippen LogP contribution in [-0.2, 0) is 28.2 Å². The number of thiazole rings is 1. The predicted octanol–water partition coefficient (Wildman–Crippen LogP) is 5.50. The van der Waals surface area contributed by atoms with Gasteiger partial charge in [0.25, 0.3) is 0 Å². The van der Waals surface area contributed by atoms with E-state index in [2.05, 4.69) is 0 Å². The summed E-state index contributed by atoms with van der Waals surface area (Å²) in [5.41, 5.74) is 3.07. The number of hydroxylamine groups is 2. The summed E-state index contributed by atoms with van der Waals surface area (Å²) in [6, 6.07) is 24.2. The number of ether oxygens (including phenoxy) is 2. The molecule has 1 saturated heterocycles. The zero-order chi connectivity index (χ0) is 29.7. The van der Waals surface area contributed by atoms with E-state index >= 15 is 0 Å². The van der Waals surface area contributed by atoms with Crippen molar-refractivity contribution in [3.63, 3.8) is 0 Å². The molecule has 42 heavy (non-hydrogen) atoms. The van der Waals surface area contributed by atoms with E-state index in [0.717, 1.165) is 38.6 Å². The SMILES string of the molecule is COc1ccc(-c2nc(C3(C(=O)OCc4ccccc4)CCN(C(=O)N(C)O)CC3)sc2-c2ccc(CO)cc2)cc1. The van der Waals surface area contributed by atoms with E-state index in [1.165, 1.54) is 23.3 Å². The van der Waals surface area contributed by atoms with Gasteiger partial charge in [-0.05, 0) is 53.8 Å². The van der Waals surface area contributed by atoms with Gasteiger partial charge in [0.2, 0.25) is 0 Å². The molecular formula is C32H33N3O6S. The van der Waals surface area contributed by atoms with Crippen LogP contribution in [0.5, 0.6) is 5.75 Å². The normalized spacial score (nSPS) is 14.3. The third-order valence-electron chi connectivity index (χ3n) is 7.57. The van der Waals surface area contributed by atoms with Gasteiger partial charge in [0.05, 0.1) is 24.3 Å². The average molecular weight is 588 g/mol. The highest BCUT2D eigenvalue weighted by molar-refractivity contribution is 7.16. The standard InChI is InChI=1S/C32H33N3O6S/c1-34(39)31(38)35-18-16-32(17-19-35,30(37)41-21-23-6-4-3-5-7-23)29-33-27(24-12-14-26(40-2)15-13-24)28(42-29)25-10-8-22(20-36)9-11-25/h3-15,36,39H,16-21H2,1-2H3. The van der Waals surface area contributed by atoms with Crippen molar-refractivity contribution in [2.75, 3.05) is 27.2 Å². The van der Waals surface area contributed by atoms with Gasteiger partial charge in [-0.1, -0.05) is 54.6 Å². The quantitative estimate of drug-likeness (QED) is 0.159. The number of nitrogens with zero attached hydrogens (tertiary/aromatic N) is 3. The second kappa shape index (κ2) is 12.7. The van der Waals surface area contributed by atoms with E-state index in [1.807, 2.05) is 78.9 Å². The molecule has 10 heteroatoms. The molecule has 1 fully saturated rings.